The van der Waals surface area contributed by atoms with Crippen molar-refractivity contribution in [3.63, 3.8) is 0 Å². The van der Waals surface area contributed by atoms with Gasteiger partial charge in [0.25, 0.3) is 5.91 Å². The normalized spacial score (nSPS) is 13.4. The monoisotopic (exact) mass is 487 g/mol. The summed E-state index contributed by atoms with van der Waals surface area (Å²) in [5.74, 6) is 6.31. The molecule has 6 N–H and O–H groups in total. The molecule has 1 aliphatic rings. The van der Waals surface area contributed by atoms with E-state index in [1.807, 2.05) is 20.8 Å². The van der Waals surface area contributed by atoms with Gasteiger partial charge in [-0.05, 0) is 57.9 Å². The Morgan fingerprint density at radius 2 is 1.86 bits per heavy atom. The van der Waals surface area contributed by atoms with Gasteiger partial charge in [0.05, 0.1) is 17.6 Å². The highest BCUT2D eigenvalue weighted by molar-refractivity contribution is 6.03. The molecule has 1 aliphatic carbocycles. The number of nitrogens with one attached hydrogen (secondary N) is 2. The summed E-state index contributed by atoms with van der Waals surface area (Å²) in [6, 6.07) is 7.05. The number of nitrogens with two attached hydrogens (primary N) is 2. The van der Waals surface area contributed by atoms with Crippen molar-refractivity contribution in [3.05, 3.63) is 60.4 Å². The fraction of sp³-hybridized carbons (Fsp3) is 0.280. The molecule has 11 heteroatoms. The molecule has 0 bridgehead atoms. The largest absolute Gasteiger partial charge is 0.393 e. The molecule has 186 valence electrons. The van der Waals surface area contributed by atoms with Crippen LogP contribution in [0.25, 0.3) is 22.6 Å². The first-order valence-corrected chi connectivity index (χ1v) is 11.6. The Morgan fingerprint density at radius 1 is 1.11 bits per heavy atom. The lowest BCUT2D eigenvalue weighted by Crippen LogP contribution is -2.34. The third kappa shape index (κ3) is 5.99. The number of aryl methyl sites for hydroxylation is 1. The van der Waals surface area contributed by atoms with E-state index in [-0.39, 0.29) is 23.6 Å². The number of nitrogens with zero attached hydrogens (tertiary/aromatic N) is 5. The molecule has 0 atom stereocenters. The number of hydrogen-bond acceptors (Lipinski definition) is 9. The SMILES string of the molecule is Cc1ncc(NC(=O)/C(N)=C/N(N)C(C)C)cc1-c1ccnc(-c2ccnc(NC(=O)C3CC3)c2)n1. The summed E-state index contributed by atoms with van der Waals surface area (Å²) in [6.07, 6.45) is 8.01. The predicted molar refractivity (Wildman–Crippen MR) is 137 cm³/mol. The molecule has 0 radical (unpaired) electrons. The van der Waals surface area contributed by atoms with E-state index in [0.29, 0.717) is 28.6 Å². The van der Waals surface area contributed by atoms with Crippen LogP contribution in [0.4, 0.5) is 11.5 Å². The standard InChI is InChI=1S/C25H29N9O2/c1-14(2)34(27)13-20(26)25(36)31-18-11-19(15(3)30-12-18)21-7-9-29-23(32-21)17-6-8-28-22(10-17)33-24(35)16-4-5-16/h6-14,16H,4-5,26-27H2,1-3H3,(H,31,36)(H,28,33,35)/b20-13-. The van der Waals surface area contributed by atoms with Crippen LogP contribution in [0, 0.1) is 12.8 Å². The smallest absolute Gasteiger partial charge is 0.273 e. The zero-order valence-electron chi connectivity index (χ0n) is 20.4. The molecule has 0 aromatic carbocycles. The third-order valence-electron chi connectivity index (χ3n) is 5.64. The Kier molecular flexibility index (Phi) is 7.20. The number of aromatic nitrogens is 4. The van der Waals surface area contributed by atoms with Crippen molar-refractivity contribution >= 4 is 23.3 Å². The topological polar surface area (TPSA) is 165 Å². The maximum absolute atomic E-state index is 12.5. The van der Waals surface area contributed by atoms with Gasteiger partial charge in [-0.25, -0.2) is 20.8 Å². The second-order valence-corrected chi connectivity index (χ2v) is 8.90. The minimum absolute atomic E-state index is 0.0121. The van der Waals surface area contributed by atoms with E-state index in [1.165, 1.54) is 11.2 Å². The van der Waals surface area contributed by atoms with Crippen LogP contribution < -0.4 is 22.2 Å². The molecule has 11 nitrogen and oxygen atoms in total. The van der Waals surface area contributed by atoms with E-state index in [0.717, 1.165) is 24.1 Å². The molecule has 0 aliphatic heterocycles. The number of rotatable bonds is 8. The molecule has 3 heterocycles. The predicted octanol–water partition coefficient (Wildman–Crippen LogP) is 2.58. The Balaban J connectivity index is 1.56. The zero-order valence-corrected chi connectivity index (χ0v) is 20.4. The fourth-order valence-electron chi connectivity index (χ4n) is 3.29. The van der Waals surface area contributed by atoms with E-state index in [1.54, 1.807) is 42.9 Å². The number of hydrazine groups is 1. The van der Waals surface area contributed by atoms with Crippen molar-refractivity contribution < 1.29 is 9.59 Å². The van der Waals surface area contributed by atoms with Crippen LogP contribution in [0.15, 0.2) is 54.8 Å². The number of amides is 2. The molecule has 0 unspecified atom stereocenters. The molecule has 1 saturated carbocycles. The van der Waals surface area contributed by atoms with Crippen LogP contribution in [0.5, 0.6) is 0 Å². The molecule has 4 rings (SSSR count). The highest BCUT2D eigenvalue weighted by atomic mass is 16.2. The highest BCUT2D eigenvalue weighted by Gasteiger charge is 2.29. The lowest BCUT2D eigenvalue weighted by Gasteiger charge is -2.18. The van der Waals surface area contributed by atoms with Crippen molar-refractivity contribution in [1.29, 1.82) is 0 Å². The molecule has 3 aromatic rings. The quantitative estimate of drug-likeness (QED) is 0.212. The van der Waals surface area contributed by atoms with Gasteiger partial charge in [-0.3, -0.25) is 14.6 Å². The molecule has 2 amide bonds. The second kappa shape index (κ2) is 10.5. The maximum atomic E-state index is 12.5. The molecule has 3 aromatic heterocycles. The van der Waals surface area contributed by atoms with Crippen molar-refractivity contribution in [2.75, 3.05) is 10.6 Å². The van der Waals surface area contributed by atoms with Gasteiger partial charge in [-0.15, -0.1) is 0 Å². The number of carbonyl (C=O) groups is 2. The summed E-state index contributed by atoms with van der Waals surface area (Å²) < 4.78 is 0. The lowest BCUT2D eigenvalue weighted by molar-refractivity contribution is -0.117. The van der Waals surface area contributed by atoms with Gasteiger partial charge in [0.1, 0.15) is 11.5 Å². The minimum Gasteiger partial charge on any atom is -0.393 e. The second-order valence-electron chi connectivity index (χ2n) is 8.90. The summed E-state index contributed by atoms with van der Waals surface area (Å²) in [6.45, 7) is 5.61. The van der Waals surface area contributed by atoms with E-state index in [4.69, 9.17) is 16.6 Å². The van der Waals surface area contributed by atoms with E-state index in [9.17, 15) is 9.59 Å². The summed E-state index contributed by atoms with van der Waals surface area (Å²) in [5, 5.41) is 6.94. The molecule has 0 saturated heterocycles. The first-order chi connectivity index (χ1) is 17.2. The first-order valence-electron chi connectivity index (χ1n) is 11.6. The fourth-order valence-corrected chi connectivity index (χ4v) is 3.29. The van der Waals surface area contributed by atoms with Gasteiger partial charge in [-0.1, -0.05) is 0 Å². The average Bonchev–Trinajstić information content (AvgIpc) is 3.71. The number of hydrogen-bond donors (Lipinski definition) is 4. The zero-order chi connectivity index (χ0) is 25.8. The average molecular weight is 488 g/mol. The molecule has 36 heavy (non-hydrogen) atoms. The van der Waals surface area contributed by atoms with Crippen molar-refractivity contribution in [3.8, 4) is 22.6 Å². The molecule has 1 fully saturated rings. The van der Waals surface area contributed by atoms with Crippen LogP contribution in [-0.2, 0) is 9.59 Å². The van der Waals surface area contributed by atoms with Gasteiger partial charge in [-0.2, -0.15) is 0 Å². The van der Waals surface area contributed by atoms with Gasteiger partial charge in [0.2, 0.25) is 5.91 Å². The Bertz CT molecular complexity index is 1320. The van der Waals surface area contributed by atoms with E-state index in [2.05, 4.69) is 25.6 Å². The van der Waals surface area contributed by atoms with E-state index < -0.39 is 5.91 Å². The number of carbonyl (C=O) groups excluding carboxylic acids is 2. The first kappa shape index (κ1) is 24.7. The summed E-state index contributed by atoms with van der Waals surface area (Å²) in [4.78, 5) is 42.3. The van der Waals surface area contributed by atoms with Crippen molar-refractivity contribution in [2.45, 2.75) is 39.7 Å². The highest BCUT2D eigenvalue weighted by Crippen LogP contribution is 2.30. The number of pyridine rings is 2. The summed E-state index contributed by atoms with van der Waals surface area (Å²) >= 11 is 0. The summed E-state index contributed by atoms with van der Waals surface area (Å²) in [5.41, 5.74) is 9.09. The third-order valence-corrected chi connectivity index (χ3v) is 5.64. The van der Waals surface area contributed by atoms with Gasteiger partial charge in [0.15, 0.2) is 5.82 Å². The number of anilines is 2. The van der Waals surface area contributed by atoms with Crippen LogP contribution in [0.3, 0.4) is 0 Å². The van der Waals surface area contributed by atoms with Crippen molar-refractivity contribution in [1.82, 2.24) is 24.9 Å². The molecule has 0 spiro atoms. The van der Waals surface area contributed by atoms with Crippen LogP contribution in [-0.4, -0.2) is 42.8 Å². The summed E-state index contributed by atoms with van der Waals surface area (Å²) in [7, 11) is 0. The molecular formula is C25H29N9O2. The van der Waals surface area contributed by atoms with Gasteiger partial charge >= 0.3 is 0 Å². The Labute approximate surface area is 209 Å². The van der Waals surface area contributed by atoms with Crippen LogP contribution in [0.1, 0.15) is 32.4 Å². The molecular weight excluding hydrogens is 458 g/mol. The van der Waals surface area contributed by atoms with Gasteiger partial charge in [0, 0.05) is 47.4 Å². The van der Waals surface area contributed by atoms with Crippen LogP contribution in [0.2, 0.25) is 0 Å². The van der Waals surface area contributed by atoms with Crippen molar-refractivity contribution in [2.24, 2.45) is 17.5 Å². The Morgan fingerprint density at radius 3 is 2.58 bits per heavy atom. The van der Waals surface area contributed by atoms with E-state index >= 15 is 0 Å². The Hall–Kier alpha value is -4.38. The van der Waals surface area contributed by atoms with Gasteiger partial charge < -0.3 is 21.4 Å². The van der Waals surface area contributed by atoms with Crippen LogP contribution >= 0.6 is 0 Å². The lowest BCUT2D eigenvalue weighted by atomic mass is 10.1. The maximum Gasteiger partial charge on any atom is 0.273 e. The minimum atomic E-state index is -0.497.